The van der Waals surface area contributed by atoms with Gasteiger partial charge in [0.1, 0.15) is 0 Å². The van der Waals surface area contributed by atoms with E-state index >= 15 is 0 Å². The highest BCUT2D eigenvalue weighted by molar-refractivity contribution is 4.70. The summed E-state index contributed by atoms with van der Waals surface area (Å²) in [6, 6.07) is 0. The summed E-state index contributed by atoms with van der Waals surface area (Å²) >= 11 is 0. The van der Waals surface area contributed by atoms with Gasteiger partial charge in [-0.1, -0.05) is 40.5 Å². The summed E-state index contributed by atoms with van der Waals surface area (Å²) in [5, 5.41) is 0. The van der Waals surface area contributed by atoms with E-state index in [-0.39, 0.29) is 0 Å². The molecule has 0 aliphatic rings. The summed E-state index contributed by atoms with van der Waals surface area (Å²) in [7, 11) is 0. The molecule has 16 heavy (non-hydrogen) atoms. The van der Waals surface area contributed by atoms with E-state index in [1.54, 1.807) is 0 Å². The van der Waals surface area contributed by atoms with Gasteiger partial charge in [0.25, 0.3) is 0 Å². The molecule has 0 radical (unpaired) electrons. The third-order valence-electron chi connectivity index (χ3n) is 2.63. The van der Waals surface area contributed by atoms with Crippen LogP contribution < -0.4 is 0 Å². The lowest BCUT2D eigenvalue weighted by Crippen LogP contribution is -2.32. The smallest absolute Gasteiger partial charge is 0.0836 e. The molecule has 2 nitrogen and oxygen atoms in total. The van der Waals surface area contributed by atoms with E-state index in [4.69, 9.17) is 9.47 Å². The van der Waals surface area contributed by atoms with Crippen molar-refractivity contribution in [2.45, 2.75) is 78.4 Å². The monoisotopic (exact) mass is 230 g/mol. The van der Waals surface area contributed by atoms with E-state index in [0.717, 1.165) is 38.9 Å². The van der Waals surface area contributed by atoms with Gasteiger partial charge in [0.2, 0.25) is 0 Å². The summed E-state index contributed by atoms with van der Waals surface area (Å²) in [4.78, 5) is 0. The lowest BCUT2D eigenvalue weighted by atomic mass is 10.0. The summed E-state index contributed by atoms with van der Waals surface area (Å²) < 4.78 is 11.8. The Balaban J connectivity index is 4.14. The van der Waals surface area contributed by atoms with Gasteiger partial charge in [-0.05, 0) is 25.7 Å². The van der Waals surface area contributed by atoms with Crippen LogP contribution in [0, 0.1) is 0 Å². The first-order valence-electron chi connectivity index (χ1n) is 7.03. The number of ether oxygens (including phenoxy) is 2. The Morgan fingerprint density at radius 2 is 1.00 bits per heavy atom. The molecule has 0 aromatic carbocycles. The van der Waals surface area contributed by atoms with Gasteiger partial charge in [0.15, 0.2) is 0 Å². The minimum absolute atomic E-state index is 0.302. The molecular weight excluding hydrogens is 200 g/mol. The van der Waals surface area contributed by atoms with Gasteiger partial charge in [0, 0.05) is 13.2 Å². The van der Waals surface area contributed by atoms with Crippen molar-refractivity contribution in [3.05, 3.63) is 0 Å². The number of rotatable bonds is 11. The Bertz CT molecular complexity index is 121. The molecule has 0 bridgehead atoms. The molecule has 0 heterocycles. The molecule has 0 fully saturated rings. The van der Waals surface area contributed by atoms with Crippen molar-refractivity contribution in [2.75, 3.05) is 13.2 Å². The SMILES string of the molecule is CCCOC(CCC)C(CCC)OCCC. The molecule has 2 heteroatoms. The van der Waals surface area contributed by atoms with Crippen LogP contribution in [0.25, 0.3) is 0 Å². The van der Waals surface area contributed by atoms with Crippen LogP contribution in [0.5, 0.6) is 0 Å². The number of hydrogen-bond acceptors (Lipinski definition) is 2. The van der Waals surface area contributed by atoms with Crippen LogP contribution in [0.2, 0.25) is 0 Å². The maximum Gasteiger partial charge on any atom is 0.0836 e. The van der Waals surface area contributed by atoms with E-state index in [2.05, 4.69) is 27.7 Å². The minimum Gasteiger partial charge on any atom is -0.376 e. The molecule has 98 valence electrons. The molecule has 0 aliphatic carbocycles. The molecule has 0 aromatic rings. The Morgan fingerprint density at radius 1 is 0.625 bits per heavy atom. The highest BCUT2D eigenvalue weighted by Gasteiger charge is 2.20. The molecule has 2 atom stereocenters. The van der Waals surface area contributed by atoms with Crippen molar-refractivity contribution < 1.29 is 9.47 Å². The first-order valence-corrected chi connectivity index (χ1v) is 7.03. The largest absolute Gasteiger partial charge is 0.376 e. The topological polar surface area (TPSA) is 18.5 Å². The van der Waals surface area contributed by atoms with Crippen molar-refractivity contribution in [1.82, 2.24) is 0 Å². The molecule has 0 aliphatic heterocycles. The fourth-order valence-electron chi connectivity index (χ4n) is 1.86. The van der Waals surface area contributed by atoms with Crippen LogP contribution in [-0.2, 0) is 9.47 Å². The van der Waals surface area contributed by atoms with Crippen LogP contribution in [0.1, 0.15) is 66.2 Å². The van der Waals surface area contributed by atoms with Crippen LogP contribution in [0.15, 0.2) is 0 Å². The normalized spacial score (nSPS) is 15.0. The molecule has 0 rings (SSSR count). The Kier molecular flexibility index (Phi) is 11.3. The second-order valence-corrected chi connectivity index (χ2v) is 4.40. The van der Waals surface area contributed by atoms with Gasteiger partial charge >= 0.3 is 0 Å². The van der Waals surface area contributed by atoms with Crippen molar-refractivity contribution >= 4 is 0 Å². The lowest BCUT2D eigenvalue weighted by Gasteiger charge is -2.27. The maximum atomic E-state index is 5.92. The maximum absolute atomic E-state index is 5.92. The van der Waals surface area contributed by atoms with Gasteiger partial charge in [0.05, 0.1) is 12.2 Å². The molecule has 0 saturated heterocycles. The number of hydrogen-bond donors (Lipinski definition) is 0. The van der Waals surface area contributed by atoms with E-state index in [9.17, 15) is 0 Å². The van der Waals surface area contributed by atoms with E-state index < -0.39 is 0 Å². The highest BCUT2D eigenvalue weighted by atomic mass is 16.5. The summed E-state index contributed by atoms with van der Waals surface area (Å²) in [6.07, 6.45) is 7.37. The zero-order valence-electron chi connectivity index (χ0n) is 11.6. The van der Waals surface area contributed by atoms with Gasteiger partial charge in [-0.2, -0.15) is 0 Å². The molecule has 0 aromatic heterocycles. The van der Waals surface area contributed by atoms with Crippen LogP contribution in [0.3, 0.4) is 0 Å². The first-order chi connectivity index (χ1) is 7.79. The second kappa shape index (κ2) is 11.4. The van der Waals surface area contributed by atoms with Gasteiger partial charge in [-0.15, -0.1) is 0 Å². The van der Waals surface area contributed by atoms with Crippen LogP contribution >= 0.6 is 0 Å². The predicted octanol–water partition coefficient (Wildman–Crippen LogP) is 4.18. The first kappa shape index (κ1) is 15.9. The summed E-state index contributed by atoms with van der Waals surface area (Å²) in [6.45, 7) is 10.5. The minimum atomic E-state index is 0.302. The zero-order chi connectivity index (χ0) is 12.2. The molecule has 0 spiro atoms. The van der Waals surface area contributed by atoms with Crippen molar-refractivity contribution in [3.63, 3.8) is 0 Å². The average molecular weight is 230 g/mol. The fraction of sp³-hybridized carbons (Fsp3) is 1.00. The molecule has 0 amide bonds. The van der Waals surface area contributed by atoms with E-state index in [1.807, 2.05) is 0 Å². The third kappa shape index (κ3) is 7.24. The zero-order valence-corrected chi connectivity index (χ0v) is 11.6. The van der Waals surface area contributed by atoms with Crippen molar-refractivity contribution in [1.29, 1.82) is 0 Å². The molecule has 0 N–H and O–H groups in total. The quantitative estimate of drug-likeness (QED) is 0.530. The van der Waals surface area contributed by atoms with Gasteiger partial charge in [-0.3, -0.25) is 0 Å². The molecule has 0 saturated carbocycles. The second-order valence-electron chi connectivity index (χ2n) is 4.40. The summed E-state index contributed by atoms with van der Waals surface area (Å²) in [5.74, 6) is 0. The highest BCUT2D eigenvalue weighted by Crippen LogP contribution is 2.16. The van der Waals surface area contributed by atoms with Crippen LogP contribution in [0.4, 0.5) is 0 Å². The Hall–Kier alpha value is -0.0800. The Labute approximate surface area is 102 Å². The van der Waals surface area contributed by atoms with E-state index in [1.165, 1.54) is 12.8 Å². The molecule has 2 unspecified atom stereocenters. The molecular formula is C14H30O2. The van der Waals surface area contributed by atoms with E-state index in [0.29, 0.717) is 12.2 Å². The van der Waals surface area contributed by atoms with Crippen molar-refractivity contribution in [3.8, 4) is 0 Å². The fourth-order valence-corrected chi connectivity index (χ4v) is 1.86. The Morgan fingerprint density at radius 3 is 1.25 bits per heavy atom. The van der Waals surface area contributed by atoms with Gasteiger partial charge in [-0.25, -0.2) is 0 Å². The van der Waals surface area contributed by atoms with Crippen molar-refractivity contribution in [2.24, 2.45) is 0 Å². The lowest BCUT2D eigenvalue weighted by molar-refractivity contribution is -0.0797. The standard InChI is InChI=1S/C14H30O2/c1-5-9-13(15-11-7-3)14(10-6-2)16-12-8-4/h13-14H,5-12H2,1-4H3. The van der Waals surface area contributed by atoms with Crippen LogP contribution in [-0.4, -0.2) is 25.4 Å². The van der Waals surface area contributed by atoms with Gasteiger partial charge < -0.3 is 9.47 Å². The summed E-state index contributed by atoms with van der Waals surface area (Å²) in [5.41, 5.74) is 0. The predicted molar refractivity (Wildman–Crippen MR) is 69.9 cm³/mol. The third-order valence-corrected chi connectivity index (χ3v) is 2.63. The average Bonchev–Trinajstić information content (AvgIpc) is 2.30.